The third kappa shape index (κ3) is 1.44. The van der Waals surface area contributed by atoms with Crippen LogP contribution in [0.25, 0.3) is 5.65 Å². The van der Waals surface area contributed by atoms with Gasteiger partial charge in [-0.3, -0.25) is 0 Å². The SMILES string of the molecule is CC(C)c1cnc2c(Br)nnn2c1. The topological polar surface area (TPSA) is 43.1 Å². The molecule has 2 rings (SSSR count). The Morgan fingerprint density at radius 3 is 2.92 bits per heavy atom. The summed E-state index contributed by atoms with van der Waals surface area (Å²) in [6.45, 7) is 4.24. The van der Waals surface area contributed by atoms with Gasteiger partial charge in [0.2, 0.25) is 0 Å². The van der Waals surface area contributed by atoms with Crippen LogP contribution in [0.5, 0.6) is 0 Å². The maximum absolute atomic E-state index is 4.25. The van der Waals surface area contributed by atoms with Crippen molar-refractivity contribution in [1.29, 1.82) is 0 Å². The first-order valence-electron chi connectivity index (χ1n) is 4.05. The lowest BCUT2D eigenvalue weighted by Gasteiger charge is -2.03. The van der Waals surface area contributed by atoms with E-state index in [0.29, 0.717) is 10.5 Å². The zero-order chi connectivity index (χ0) is 9.42. The monoisotopic (exact) mass is 240 g/mol. The number of halogens is 1. The van der Waals surface area contributed by atoms with E-state index in [1.54, 1.807) is 4.52 Å². The lowest BCUT2D eigenvalue weighted by Crippen LogP contribution is -1.95. The summed E-state index contributed by atoms with van der Waals surface area (Å²) in [6, 6.07) is 0. The van der Waals surface area contributed by atoms with Crippen LogP contribution in [0.4, 0.5) is 0 Å². The van der Waals surface area contributed by atoms with Gasteiger partial charge in [0.15, 0.2) is 10.3 Å². The first kappa shape index (κ1) is 8.62. The molecule has 2 aromatic rings. The van der Waals surface area contributed by atoms with Gasteiger partial charge in [0.1, 0.15) is 0 Å². The standard InChI is InChI=1S/C8H9BrN4/c1-5(2)6-3-10-8-7(9)11-12-13(8)4-6/h3-5H,1-2H3. The van der Waals surface area contributed by atoms with Gasteiger partial charge in [0.05, 0.1) is 0 Å². The van der Waals surface area contributed by atoms with E-state index in [2.05, 4.69) is 45.1 Å². The van der Waals surface area contributed by atoms with Gasteiger partial charge in [-0.25, -0.2) is 9.50 Å². The highest BCUT2D eigenvalue weighted by Gasteiger charge is 2.06. The minimum atomic E-state index is 0.458. The molecule has 0 aromatic carbocycles. The molecule has 4 nitrogen and oxygen atoms in total. The summed E-state index contributed by atoms with van der Waals surface area (Å²) in [4.78, 5) is 4.25. The van der Waals surface area contributed by atoms with Crippen LogP contribution in [0, 0.1) is 0 Å². The second-order valence-corrected chi connectivity index (χ2v) is 3.94. The smallest absolute Gasteiger partial charge is 0.190 e. The van der Waals surface area contributed by atoms with Gasteiger partial charge >= 0.3 is 0 Å². The maximum Gasteiger partial charge on any atom is 0.190 e. The molecule has 0 aliphatic rings. The second-order valence-electron chi connectivity index (χ2n) is 3.19. The van der Waals surface area contributed by atoms with Crippen LogP contribution >= 0.6 is 15.9 Å². The molecule has 2 aromatic heterocycles. The summed E-state index contributed by atoms with van der Waals surface area (Å²) >= 11 is 3.27. The molecule has 0 N–H and O–H groups in total. The minimum Gasteiger partial charge on any atom is -0.234 e. The van der Waals surface area contributed by atoms with E-state index < -0.39 is 0 Å². The summed E-state index contributed by atoms with van der Waals surface area (Å²) in [5.74, 6) is 0.458. The Labute approximate surface area is 84.1 Å². The number of nitrogens with zero attached hydrogens (tertiary/aromatic N) is 4. The Morgan fingerprint density at radius 1 is 1.46 bits per heavy atom. The molecule has 0 spiro atoms. The van der Waals surface area contributed by atoms with Crippen LogP contribution in [0.1, 0.15) is 25.3 Å². The van der Waals surface area contributed by atoms with Crippen molar-refractivity contribution >= 4 is 21.6 Å². The molecule has 0 saturated carbocycles. The van der Waals surface area contributed by atoms with E-state index in [4.69, 9.17) is 0 Å². The fourth-order valence-corrected chi connectivity index (χ4v) is 1.43. The van der Waals surface area contributed by atoms with Crippen molar-refractivity contribution in [2.45, 2.75) is 19.8 Å². The molecule has 0 fully saturated rings. The van der Waals surface area contributed by atoms with E-state index in [9.17, 15) is 0 Å². The Balaban J connectivity index is 2.63. The maximum atomic E-state index is 4.25. The van der Waals surface area contributed by atoms with E-state index in [1.165, 1.54) is 0 Å². The molecular formula is C8H9BrN4. The number of fused-ring (bicyclic) bond motifs is 1. The first-order chi connectivity index (χ1) is 6.18. The van der Waals surface area contributed by atoms with Crippen LogP contribution in [0.3, 0.4) is 0 Å². The third-order valence-electron chi connectivity index (χ3n) is 1.90. The summed E-state index contributed by atoms with van der Waals surface area (Å²) < 4.78 is 2.36. The van der Waals surface area contributed by atoms with E-state index in [0.717, 1.165) is 11.2 Å². The van der Waals surface area contributed by atoms with E-state index in [-0.39, 0.29) is 0 Å². The predicted molar refractivity (Wildman–Crippen MR) is 52.6 cm³/mol. The quantitative estimate of drug-likeness (QED) is 0.766. The van der Waals surface area contributed by atoms with Gasteiger partial charge in [-0.2, -0.15) is 0 Å². The molecule has 13 heavy (non-hydrogen) atoms. The van der Waals surface area contributed by atoms with E-state index >= 15 is 0 Å². The van der Waals surface area contributed by atoms with Crippen molar-refractivity contribution < 1.29 is 0 Å². The van der Waals surface area contributed by atoms with Crippen molar-refractivity contribution in [1.82, 2.24) is 19.8 Å². The van der Waals surface area contributed by atoms with Gasteiger partial charge in [0.25, 0.3) is 0 Å². The lowest BCUT2D eigenvalue weighted by molar-refractivity contribution is 0.795. The molecular weight excluding hydrogens is 232 g/mol. The third-order valence-corrected chi connectivity index (χ3v) is 2.42. The molecule has 0 saturated heterocycles. The number of aromatic nitrogens is 4. The molecule has 0 bridgehead atoms. The van der Waals surface area contributed by atoms with Gasteiger partial charge in [-0.15, -0.1) is 5.10 Å². The summed E-state index contributed by atoms with van der Waals surface area (Å²) in [5, 5.41) is 7.78. The zero-order valence-electron chi connectivity index (χ0n) is 7.40. The lowest BCUT2D eigenvalue weighted by atomic mass is 10.1. The van der Waals surface area contributed by atoms with Crippen LogP contribution in [0.15, 0.2) is 17.0 Å². The Kier molecular flexibility index (Phi) is 2.03. The Bertz CT molecular complexity index is 435. The summed E-state index contributed by atoms with van der Waals surface area (Å²) in [6.07, 6.45) is 3.80. The largest absolute Gasteiger partial charge is 0.234 e. The fourth-order valence-electron chi connectivity index (χ4n) is 1.08. The highest BCUT2D eigenvalue weighted by atomic mass is 79.9. The normalized spacial score (nSPS) is 11.4. The summed E-state index contributed by atoms with van der Waals surface area (Å²) in [5.41, 5.74) is 1.91. The molecule has 0 aliphatic heterocycles. The zero-order valence-corrected chi connectivity index (χ0v) is 8.98. The Morgan fingerprint density at radius 2 is 2.23 bits per heavy atom. The number of hydrogen-bond acceptors (Lipinski definition) is 3. The second kappa shape index (κ2) is 3.06. The minimum absolute atomic E-state index is 0.458. The van der Waals surface area contributed by atoms with Gasteiger partial charge in [-0.05, 0) is 27.4 Å². The first-order valence-corrected chi connectivity index (χ1v) is 4.84. The fraction of sp³-hybridized carbons (Fsp3) is 0.375. The highest BCUT2D eigenvalue weighted by Crippen LogP contribution is 2.16. The average Bonchev–Trinajstić information content (AvgIpc) is 2.47. The van der Waals surface area contributed by atoms with Crippen molar-refractivity contribution in [2.24, 2.45) is 0 Å². The number of hydrogen-bond donors (Lipinski definition) is 0. The average molecular weight is 241 g/mol. The van der Waals surface area contributed by atoms with Gasteiger partial charge in [-0.1, -0.05) is 19.1 Å². The molecule has 0 atom stereocenters. The molecule has 0 radical (unpaired) electrons. The molecule has 2 heterocycles. The summed E-state index contributed by atoms with van der Waals surface area (Å²) in [7, 11) is 0. The molecule has 0 aliphatic carbocycles. The van der Waals surface area contributed by atoms with Crippen molar-refractivity contribution in [3.8, 4) is 0 Å². The predicted octanol–water partition coefficient (Wildman–Crippen LogP) is 2.01. The van der Waals surface area contributed by atoms with Crippen LogP contribution < -0.4 is 0 Å². The van der Waals surface area contributed by atoms with Crippen molar-refractivity contribution in [3.63, 3.8) is 0 Å². The Hall–Kier alpha value is -0.970. The van der Waals surface area contributed by atoms with Crippen LogP contribution in [-0.4, -0.2) is 19.8 Å². The van der Waals surface area contributed by atoms with Crippen LogP contribution in [0.2, 0.25) is 0 Å². The molecule has 5 heteroatoms. The molecule has 68 valence electrons. The van der Waals surface area contributed by atoms with Gasteiger partial charge in [0, 0.05) is 12.4 Å². The van der Waals surface area contributed by atoms with E-state index in [1.807, 2.05) is 12.4 Å². The van der Waals surface area contributed by atoms with Crippen molar-refractivity contribution in [3.05, 3.63) is 22.6 Å². The number of rotatable bonds is 1. The molecule has 0 amide bonds. The molecule has 0 unspecified atom stereocenters. The van der Waals surface area contributed by atoms with Crippen molar-refractivity contribution in [2.75, 3.05) is 0 Å². The highest BCUT2D eigenvalue weighted by molar-refractivity contribution is 9.10. The van der Waals surface area contributed by atoms with Gasteiger partial charge < -0.3 is 0 Å². The van der Waals surface area contributed by atoms with Crippen LogP contribution in [-0.2, 0) is 0 Å².